The average molecular weight is 287 g/mol. The molecule has 0 aliphatic heterocycles. The van der Waals surface area contributed by atoms with Gasteiger partial charge in [0.25, 0.3) is 0 Å². The number of nitrogen functional groups attached to an aromatic ring is 1. The summed E-state index contributed by atoms with van der Waals surface area (Å²) in [4.78, 5) is 3.40. The molecule has 2 aromatic carbocycles. The molecular weight excluding hydrogens is 276 g/mol. The molecule has 2 nitrogen and oxygen atoms in total. The highest BCUT2D eigenvalue weighted by atomic mass is 79.9. The first-order chi connectivity index (χ1) is 8.22. The second kappa shape index (κ2) is 3.93. The number of aromatic amines is 1. The van der Waals surface area contributed by atoms with E-state index < -0.39 is 0 Å². The molecule has 0 bridgehead atoms. The largest absolute Gasteiger partial charge is 0.399 e. The molecule has 1 aromatic heterocycles. The molecule has 0 amide bonds. The van der Waals surface area contributed by atoms with E-state index >= 15 is 0 Å². The fourth-order valence-corrected chi connectivity index (χ4v) is 2.28. The predicted molar refractivity (Wildman–Crippen MR) is 75.8 cm³/mol. The van der Waals surface area contributed by atoms with E-state index in [0.29, 0.717) is 0 Å². The molecule has 0 saturated carbocycles. The number of fused-ring (bicyclic) bond motifs is 1. The minimum absolute atomic E-state index is 0.785. The number of nitrogens with one attached hydrogen (secondary N) is 1. The fraction of sp³-hybridized carbons (Fsp3) is 0. The van der Waals surface area contributed by atoms with Gasteiger partial charge in [-0.25, -0.2) is 0 Å². The van der Waals surface area contributed by atoms with E-state index in [9.17, 15) is 0 Å². The third-order valence-electron chi connectivity index (χ3n) is 2.81. The van der Waals surface area contributed by atoms with Gasteiger partial charge in [0.15, 0.2) is 0 Å². The molecule has 0 atom stereocenters. The molecule has 3 N–H and O–H groups in total. The van der Waals surface area contributed by atoms with Crippen LogP contribution in [0.3, 0.4) is 0 Å². The third kappa shape index (κ3) is 1.94. The van der Waals surface area contributed by atoms with Gasteiger partial charge in [-0.1, -0.05) is 34.1 Å². The highest BCUT2D eigenvalue weighted by molar-refractivity contribution is 9.10. The Kier molecular flexibility index (Phi) is 2.41. The van der Waals surface area contributed by atoms with Crippen LogP contribution in [0.2, 0.25) is 0 Å². The van der Waals surface area contributed by atoms with Crippen LogP contribution in [-0.2, 0) is 0 Å². The van der Waals surface area contributed by atoms with Gasteiger partial charge in [-0.15, -0.1) is 0 Å². The van der Waals surface area contributed by atoms with Crippen molar-refractivity contribution >= 4 is 32.5 Å². The number of H-pyrrole nitrogens is 1. The SMILES string of the molecule is Nc1ccc(-c2cc3ccc(Br)cc3[nH]2)cc1. The Hall–Kier alpha value is -1.74. The second-order valence-corrected chi connectivity index (χ2v) is 4.95. The lowest BCUT2D eigenvalue weighted by atomic mass is 10.1. The van der Waals surface area contributed by atoms with Crippen molar-refractivity contribution in [1.82, 2.24) is 4.98 Å². The van der Waals surface area contributed by atoms with Gasteiger partial charge in [-0.2, -0.15) is 0 Å². The van der Waals surface area contributed by atoms with Crippen LogP contribution in [0.4, 0.5) is 5.69 Å². The Balaban J connectivity index is 2.14. The number of rotatable bonds is 1. The Labute approximate surface area is 108 Å². The molecule has 3 rings (SSSR count). The Morgan fingerprint density at radius 3 is 2.47 bits per heavy atom. The molecule has 3 heteroatoms. The summed E-state index contributed by atoms with van der Waals surface area (Å²) in [6.45, 7) is 0. The van der Waals surface area contributed by atoms with Crippen LogP contribution in [-0.4, -0.2) is 4.98 Å². The number of nitrogens with two attached hydrogens (primary N) is 1. The number of hydrogen-bond donors (Lipinski definition) is 2. The molecule has 0 aliphatic rings. The van der Waals surface area contributed by atoms with E-state index in [1.165, 1.54) is 5.39 Å². The van der Waals surface area contributed by atoms with E-state index in [-0.39, 0.29) is 0 Å². The molecule has 0 saturated heterocycles. The van der Waals surface area contributed by atoms with Crippen molar-refractivity contribution < 1.29 is 0 Å². The minimum Gasteiger partial charge on any atom is -0.399 e. The van der Waals surface area contributed by atoms with E-state index in [1.54, 1.807) is 0 Å². The van der Waals surface area contributed by atoms with E-state index in [0.717, 1.165) is 26.9 Å². The Morgan fingerprint density at radius 1 is 0.941 bits per heavy atom. The lowest BCUT2D eigenvalue weighted by Gasteiger charge is -1.97. The Bertz CT molecular complexity index is 668. The molecule has 3 aromatic rings. The van der Waals surface area contributed by atoms with Gasteiger partial charge in [0, 0.05) is 26.8 Å². The van der Waals surface area contributed by atoms with Crippen LogP contribution in [0, 0.1) is 0 Å². The summed E-state index contributed by atoms with van der Waals surface area (Å²) in [7, 11) is 0. The molecule has 84 valence electrons. The first kappa shape index (κ1) is 10.4. The van der Waals surface area contributed by atoms with Gasteiger partial charge in [0.2, 0.25) is 0 Å². The van der Waals surface area contributed by atoms with Crippen molar-refractivity contribution in [1.29, 1.82) is 0 Å². The standard InChI is InChI=1S/C14H11BrN2/c15-11-4-1-10-7-13(17-14(10)8-11)9-2-5-12(16)6-3-9/h1-8,17H,16H2. The van der Waals surface area contributed by atoms with Crippen LogP contribution < -0.4 is 5.73 Å². The van der Waals surface area contributed by atoms with Gasteiger partial charge in [0.05, 0.1) is 0 Å². The molecular formula is C14H11BrN2. The van der Waals surface area contributed by atoms with Crippen LogP contribution in [0.1, 0.15) is 0 Å². The smallest absolute Gasteiger partial charge is 0.0470 e. The predicted octanol–water partition coefficient (Wildman–Crippen LogP) is 4.18. The number of anilines is 1. The topological polar surface area (TPSA) is 41.8 Å². The maximum absolute atomic E-state index is 5.68. The van der Waals surface area contributed by atoms with Crippen molar-refractivity contribution in [2.45, 2.75) is 0 Å². The van der Waals surface area contributed by atoms with Crippen LogP contribution in [0.5, 0.6) is 0 Å². The number of hydrogen-bond acceptors (Lipinski definition) is 1. The van der Waals surface area contributed by atoms with Crippen molar-refractivity contribution in [2.75, 3.05) is 5.73 Å². The van der Waals surface area contributed by atoms with Crippen LogP contribution in [0.15, 0.2) is 53.0 Å². The summed E-state index contributed by atoms with van der Waals surface area (Å²) < 4.78 is 1.08. The normalized spacial score (nSPS) is 10.9. The molecule has 0 fully saturated rings. The average Bonchev–Trinajstić information content (AvgIpc) is 2.72. The van der Waals surface area contributed by atoms with Gasteiger partial charge < -0.3 is 10.7 Å². The summed E-state index contributed by atoms with van der Waals surface area (Å²) in [5, 5.41) is 1.21. The Morgan fingerprint density at radius 2 is 1.71 bits per heavy atom. The van der Waals surface area contributed by atoms with Crippen LogP contribution in [0.25, 0.3) is 22.2 Å². The molecule has 0 aliphatic carbocycles. The summed E-state index contributed by atoms with van der Waals surface area (Å²) in [6.07, 6.45) is 0. The first-order valence-electron chi connectivity index (χ1n) is 5.36. The zero-order valence-corrected chi connectivity index (χ0v) is 10.7. The summed E-state index contributed by atoms with van der Waals surface area (Å²) in [5.74, 6) is 0. The molecule has 17 heavy (non-hydrogen) atoms. The molecule has 0 spiro atoms. The third-order valence-corrected chi connectivity index (χ3v) is 3.30. The summed E-state index contributed by atoms with van der Waals surface area (Å²) in [6, 6.07) is 16.2. The zero-order chi connectivity index (χ0) is 11.8. The fourth-order valence-electron chi connectivity index (χ4n) is 1.92. The van der Waals surface area contributed by atoms with Gasteiger partial charge in [-0.3, -0.25) is 0 Å². The highest BCUT2D eigenvalue weighted by Gasteiger charge is 2.03. The van der Waals surface area contributed by atoms with Crippen molar-refractivity contribution in [3.05, 3.63) is 53.0 Å². The van der Waals surface area contributed by atoms with Crippen molar-refractivity contribution in [3.63, 3.8) is 0 Å². The van der Waals surface area contributed by atoms with Crippen molar-refractivity contribution in [2.24, 2.45) is 0 Å². The van der Waals surface area contributed by atoms with E-state index in [2.05, 4.69) is 39.1 Å². The molecule has 1 heterocycles. The number of aromatic nitrogens is 1. The second-order valence-electron chi connectivity index (χ2n) is 4.04. The molecule has 0 unspecified atom stereocenters. The first-order valence-corrected chi connectivity index (χ1v) is 6.16. The van der Waals surface area contributed by atoms with Gasteiger partial charge in [-0.05, 0) is 35.9 Å². The van der Waals surface area contributed by atoms with Crippen LogP contribution >= 0.6 is 15.9 Å². The maximum atomic E-state index is 5.68. The van der Waals surface area contributed by atoms with Gasteiger partial charge in [0.1, 0.15) is 0 Å². The number of halogens is 1. The monoisotopic (exact) mass is 286 g/mol. The van der Waals surface area contributed by atoms with E-state index in [4.69, 9.17) is 5.73 Å². The quantitative estimate of drug-likeness (QED) is 0.648. The summed E-state index contributed by atoms with van der Waals surface area (Å²) >= 11 is 3.47. The lowest BCUT2D eigenvalue weighted by Crippen LogP contribution is -1.83. The lowest BCUT2D eigenvalue weighted by molar-refractivity contribution is 1.45. The molecule has 0 radical (unpaired) electrons. The minimum atomic E-state index is 0.785. The van der Waals surface area contributed by atoms with Crippen molar-refractivity contribution in [3.8, 4) is 11.3 Å². The van der Waals surface area contributed by atoms with Gasteiger partial charge >= 0.3 is 0 Å². The summed E-state index contributed by atoms with van der Waals surface area (Å²) in [5.41, 5.74) is 9.85. The zero-order valence-electron chi connectivity index (χ0n) is 9.07. The van der Waals surface area contributed by atoms with E-state index in [1.807, 2.05) is 30.3 Å². The maximum Gasteiger partial charge on any atom is 0.0470 e. The number of benzene rings is 2. The highest BCUT2D eigenvalue weighted by Crippen LogP contribution is 2.26.